The highest BCUT2D eigenvalue weighted by Gasteiger charge is 2.37. The number of hydrogen-bond acceptors (Lipinski definition) is 1. The molecule has 1 atom stereocenters. The van der Waals surface area contributed by atoms with E-state index in [1.807, 2.05) is 0 Å². The molecule has 4 heteroatoms. The summed E-state index contributed by atoms with van der Waals surface area (Å²) in [5, 5.41) is 0. The second-order valence-electron chi connectivity index (χ2n) is 2.52. The molecule has 1 nitrogen and oxygen atoms in total. The van der Waals surface area contributed by atoms with Crippen molar-refractivity contribution in [1.82, 2.24) is 4.98 Å². The summed E-state index contributed by atoms with van der Waals surface area (Å²) >= 11 is 0. The van der Waals surface area contributed by atoms with Crippen LogP contribution in [-0.2, 0) is 0 Å². The molecule has 0 fully saturated rings. The molecule has 0 aliphatic rings. The molecule has 0 radical (unpaired) electrons. The van der Waals surface area contributed by atoms with Crippen LogP contribution < -0.4 is 0 Å². The topological polar surface area (TPSA) is 12.9 Å². The number of halogens is 3. The Labute approximate surface area is 68.2 Å². The van der Waals surface area contributed by atoms with Crippen LogP contribution in [0, 0.1) is 0 Å². The zero-order valence-corrected chi connectivity index (χ0v) is 6.47. The Bertz CT molecular complexity index is 242. The van der Waals surface area contributed by atoms with Crippen LogP contribution in [0.3, 0.4) is 0 Å². The molecule has 1 aromatic heterocycles. The first kappa shape index (κ1) is 9.03. The molecule has 1 heterocycles. The van der Waals surface area contributed by atoms with Gasteiger partial charge in [0.05, 0.1) is 11.6 Å². The summed E-state index contributed by atoms with van der Waals surface area (Å²) in [6, 6.07) is 4.51. The molecule has 0 aliphatic heterocycles. The predicted octanol–water partition coefficient (Wildman–Crippen LogP) is 2.75. The SMILES string of the molecule is C[C@H](c1ccccn1)C(F)(F)F. The second kappa shape index (κ2) is 3.13. The molecule has 0 unspecified atom stereocenters. The Morgan fingerprint density at radius 1 is 1.33 bits per heavy atom. The van der Waals surface area contributed by atoms with Crippen molar-refractivity contribution in [2.24, 2.45) is 0 Å². The van der Waals surface area contributed by atoms with Gasteiger partial charge in [-0.05, 0) is 19.1 Å². The maximum atomic E-state index is 12.1. The lowest BCUT2D eigenvalue weighted by molar-refractivity contribution is -0.147. The molecule has 0 saturated carbocycles. The third-order valence-corrected chi connectivity index (χ3v) is 1.62. The maximum Gasteiger partial charge on any atom is 0.396 e. The molecular formula is C8H8F3N. The lowest BCUT2D eigenvalue weighted by Gasteiger charge is -2.14. The largest absolute Gasteiger partial charge is 0.396 e. The van der Waals surface area contributed by atoms with Crippen molar-refractivity contribution in [2.45, 2.75) is 19.0 Å². The molecular weight excluding hydrogens is 167 g/mol. The molecule has 0 amide bonds. The minimum Gasteiger partial charge on any atom is -0.261 e. The highest BCUT2D eigenvalue weighted by atomic mass is 19.4. The van der Waals surface area contributed by atoms with Crippen LogP contribution in [0.25, 0.3) is 0 Å². The monoisotopic (exact) mass is 175 g/mol. The Kier molecular flexibility index (Phi) is 2.35. The van der Waals surface area contributed by atoms with Crippen molar-refractivity contribution in [3.05, 3.63) is 30.1 Å². The number of hydrogen-bond donors (Lipinski definition) is 0. The molecule has 12 heavy (non-hydrogen) atoms. The summed E-state index contributed by atoms with van der Waals surface area (Å²) in [4.78, 5) is 3.63. The van der Waals surface area contributed by atoms with Crippen molar-refractivity contribution in [3.8, 4) is 0 Å². The minimum absolute atomic E-state index is 0.0602. The van der Waals surface area contributed by atoms with Gasteiger partial charge in [-0.3, -0.25) is 4.98 Å². The summed E-state index contributed by atoms with van der Waals surface area (Å²) in [7, 11) is 0. The van der Waals surface area contributed by atoms with Gasteiger partial charge in [-0.25, -0.2) is 0 Å². The summed E-state index contributed by atoms with van der Waals surface area (Å²) in [6.45, 7) is 1.10. The zero-order chi connectivity index (χ0) is 9.19. The summed E-state index contributed by atoms with van der Waals surface area (Å²) in [5.74, 6) is -1.49. The predicted molar refractivity (Wildman–Crippen MR) is 38.7 cm³/mol. The van der Waals surface area contributed by atoms with Crippen molar-refractivity contribution >= 4 is 0 Å². The normalized spacial score (nSPS) is 14.3. The average Bonchev–Trinajstić information content (AvgIpc) is 2.03. The van der Waals surface area contributed by atoms with E-state index in [2.05, 4.69) is 4.98 Å². The van der Waals surface area contributed by atoms with Gasteiger partial charge in [0.2, 0.25) is 0 Å². The van der Waals surface area contributed by atoms with Crippen molar-refractivity contribution in [2.75, 3.05) is 0 Å². The Morgan fingerprint density at radius 2 is 2.00 bits per heavy atom. The number of rotatable bonds is 1. The summed E-state index contributed by atoms with van der Waals surface area (Å²) < 4.78 is 36.3. The van der Waals surface area contributed by atoms with E-state index in [9.17, 15) is 13.2 Å². The minimum atomic E-state index is -4.20. The van der Waals surface area contributed by atoms with E-state index in [0.717, 1.165) is 6.92 Å². The number of pyridine rings is 1. The van der Waals surface area contributed by atoms with Crippen LogP contribution in [0.1, 0.15) is 18.5 Å². The van der Waals surface area contributed by atoms with Gasteiger partial charge in [0.1, 0.15) is 0 Å². The smallest absolute Gasteiger partial charge is 0.261 e. The van der Waals surface area contributed by atoms with Gasteiger partial charge >= 0.3 is 6.18 Å². The fraction of sp³-hybridized carbons (Fsp3) is 0.375. The van der Waals surface area contributed by atoms with Gasteiger partial charge in [0.15, 0.2) is 0 Å². The highest BCUT2D eigenvalue weighted by molar-refractivity contribution is 5.10. The Balaban J connectivity index is 2.86. The van der Waals surface area contributed by atoms with Crippen LogP contribution in [-0.4, -0.2) is 11.2 Å². The van der Waals surface area contributed by atoms with Crippen molar-refractivity contribution < 1.29 is 13.2 Å². The zero-order valence-electron chi connectivity index (χ0n) is 6.47. The molecule has 0 aromatic carbocycles. The molecule has 66 valence electrons. The first-order valence-electron chi connectivity index (χ1n) is 3.49. The number of nitrogens with zero attached hydrogens (tertiary/aromatic N) is 1. The fourth-order valence-corrected chi connectivity index (χ4v) is 0.800. The van der Waals surface area contributed by atoms with E-state index in [1.165, 1.54) is 12.3 Å². The molecule has 0 bridgehead atoms. The third-order valence-electron chi connectivity index (χ3n) is 1.62. The maximum absolute atomic E-state index is 12.1. The van der Waals surface area contributed by atoms with Crippen molar-refractivity contribution in [3.63, 3.8) is 0 Å². The molecule has 0 spiro atoms. The van der Waals surface area contributed by atoms with Gasteiger partial charge < -0.3 is 0 Å². The van der Waals surface area contributed by atoms with Crippen LogP contribution in [0.15, 0.2) is 24.4 Å². The van der Waals surface area contributed by atoms with Crippen LogP contribution in [0.4, 0.5) is 13.2 Å². The van der Waals surface area contributed by atoms with Crippen LogP contribution in [0.5, 0.6) is 0 Å². The lowest BCUT2D eigenvalue weighted by Crippen LogP contribution is -2.18. The first-order chi connectivity index (χ1) is 5.52. The Morgan fingerprint density at radius 3 is 2.42 bits per heavy atom. The van der Waals surface area contributed by atoms with Gasteiger partial charge in [0.25, 0.3) is 0 Å². The molecule has 0 saturated heterocycles. The average molecular weight is 175 g/mol. The standard InChI is InChI=1S/C8H8F3N/c1-6(8(9,10)11)7-4-2-3-5-12-7/h2-6H,1H3/t6-/m1/s1. The van der Waals surface area contributed by atoms with Gasteiger partial charge in [0, 0.05) is 6.20 Å². The molecule has 1 aromatic rings. The highest BCUT2D eigenvalue weighted by Crippen LogP contribution is 2.32. The lowest BCUT2D eigenvalue weighted by atomic mass is 10.1. The van der Waals surface area contributed by atoms with E-state index in [4.69, 9.17) is 0 Å². The second-order valence-corrected chi connectivity index (χ2v) is 2.52. The quantitative estimate of drug-likeness (QED) is 0.639. The van der Waals surface area contributed by atoms with E-state index < -0.39 is 12.1 Å². The van der Waals surface area contributed by atoms with E-state index in [-0.39, 0.29) is 5.69 Å². The number of alkyl halides is 3. The third kappa shape index (κ3) is 1.96. The molecule has 1 rings (SSSR count). The van der Waals surface area contributed by atoms with Gasteiger partial charge in [-0.15, -0.1) is 0 Å². The number of aromatic nitrogens is 1. The summed E-state index contributed by atoms with van der Waals surface area (Å²) in [6.07, 6.45) is -2.84. The van der Waals surface area contributed by atoms with E-state index in [0.29, 0.717) is 0 Å². The molecule has 0 N–H and O–H groups in total. The van der Waals surface area contributed by atoms with Crippen molar-refractivity contribution in [1.29, 1.82) is 0 Å². The van der Waals surface area contributed by atoms with E-state index in [1.54, 1.807) is 12.1 Å². The first-order valence-corrected chi connectivity index (χ1v) is 3.49. The Hall–Kier alpha value is -1.06. The van der Waals surface area contributed by atoms with Crippen LogP contribution in [0.2, 0.25) is 0 Å². The molecule has 0 aliphatic carbocycles. The van der Waals surface area contributed by atoms with Gasteiger partial charge in [-0.2, -0.15) is 13.2 Å². The van der Waals surface area contributed by atoms with Crippen LogP contribution >= 0.6 is 0 Å². The summed E-state index contributed by atoms with van der Waals surface area (Å²) in [5.41, 5.74) is 0.0602. The fourth-order valence-electron chi connectivity index (χ4n) is 0.800. The van der Waals surface area contributed by atoms with Gasteiger partial charge in [-0.1, -0.05) is 6.07 Å². The van der Waals surface area contributed by atoms with E-state index >= 15 is 0 Å².